The van der Waals surface area contributed by atoms with E-state index in [-0.39, 0.29) is 30.1 Å². The zero-order valence-corrected chi connectivity index (χ0v) is 17.5. The molecular formula is C25H22FN3O3. The molecule has 2 unspecified atom stereocenters. The number of hydrogen-bond acceptors (Lipinski definition) is 4. The lowest BCUT2D eigenvalue weighted by molar-refractivity contribution is -0.134. The van der Waals surface area contributed by atoms with Crippen molar-refractivity contribution in [3.63, 3.8) is 0 Å². The Morgan fingerprint density at radius 3 is 2.69 bits per heavy atom. The predicted octanol–water partition coefficient (Wildman–Crippen LogP) is 3.60. The molecule has 0 bridgehead atoms. The fourth-order valence-corrected chi connectivity index (χ4v) is 4.66. The number of anilines is 1. The van der Waals surface area contributed by atoms with Crippen molar-refractivity contribution < 1.29 is 18.8 Å². The Bertz CT molecular complexity index is 1270. The number of amides is 3. The lowest BCUT2D eigenvalue weighted by Gasteiger charge is -2.30. The highest BCUT2D eigenvalue weighted by Crippen LogP contribution is 2.41. The average Bonchev–Trinajstić information content (AvgIpc) is 3.06. The summed E-state index contributed by atoms with van der Waals surface area (Å²) in [4.78, 5) is 38.7. The molecule has 7 heteroatoms. The molecule has 0 radical (unpaired) electrons. The minimum atomic E-state index is -0.708. The molecule has 0 saturated carbocycles. The van der Waals surface area contributed by atoms with Gasteiger partial charge in [-0.2, -0.15) is 0 Å². The van der Waals surface area contributed by atoms with Gasteiger partial charge < -0.3 is 5.32 Å². The van der Waals surface area contributed by atoms with E-state index in [0.717, 1.165) is 16.3 Å². The van der Waals surface area contributed by atoms with Crippen LogP contribution in [0.5, 0.6) is 0 Å². The van der Waals surface area contributed by atoms with Gasteiger partial charge in [-0.25, -0.2) is 4.39 Å². The summed E-state index contributed by atoms with van der Waals surface area (Å²) in [5.41, 5.74) is 2.80. The number of benzene rings is 3. The summed E-state index contributed by atoms with van der Waals surface area (Å²) in [6, 6.07) is 15.1. The van der Waals surface area contributed by atoms with Crippen LogP contribution < -0.4 is 15.5 Å². The van der Waals surface area contributed by atoms with Crippen molar-refractivity contribution >= 4 is 34.2 Å². The van der Waals surface area contributed by atoms with E-state index >= 15 is 0 Å². The van der Waals surface area contributed by atoms with E-state index in [2.05, 4.69) is 10.6 Å². The molecule has 162 valence electrons. The topological polar surface area (TPSA) is 78.5 Å². The standard InChI is InChI=1S/C25H22FN3O3/c1-14(16-5-2-3-7-19(16)26)27-13-15-9-10-18-23-17(15)6-4-8-20(23)29(25(18)32)21-11-12-22(30)28-24(21)31/h2-10,14,21,27H,11-13H2,1H3,(H,28,30,31). The van der Waals surface area contributed by atoms with E-state index in [1.165, 1.54) is 11.0 Å². The number of nitrogens with one attached hydrogen (secondary N) is 2. The molecule has 1 fully saturated rings. The summed E-state index contributed by atoms with van der Waals surface area (Å²) in [5, 5.41) is 7.42. The van der Waals surface area contributed by atoms with Gasteiger partial charge in [-0.3, -0.25) is 24.6 Å². The lowest BCUT2D eigenvalue weighted by Crippen LogP contribution is -2.53. The number of rotatable bonds is 5. The molecule has 0 spiro atoms. The zero-order chi connectivity index (χ0) is 22.4. The van der Waals surface area contributed by atoms with Crippen LogP contribution in [-0.4, -0.2) is 23.8 Å². The molecule has 5 rings (SSSR count). The molecule has 6 nitrogen and oxygen atoms in total. The Hall–Kier alpha value is -3.58. The van der Waals surface area contributed by atoms with Gasteiger partial charge in [0.25, 0.3) is 5.91 Å². The van der Waals surface area contributed by atoms with Gasteiger partial charge in [0, 0.05) is 35.5 Å². The van der Waals surface area contributed by atoms with Crippen LogP contribution in [0.3, 0.4) is 0 Å². The van der Waals surface area contributed by atoms with Crippen molar-refractivity contribution in [3.05, 3.63) is 77.1 Å². The lowest BCUT2D eigenvalue weighted by atomic mass is 9.99. The fraction of sp³-hybridized carbons (Fsp3) is 0.240. The molecule has 2 N–H and O–H groups in total. The smallest absolute Gasteiger partial charge is 0.259 e. The minimum absolute atomic E-state index is 0.194. The van der Waals surface area contributed by atoms with Crippen LogP contribution in [0.1, 0.15) is 47.3 Å². The highest BCUT2D eigenvalue weighted by molar-refractivity contribution is 6.27. The van der Waals surface area contributed by atoms with E-state index in [9.17, 15) is 18.8 Å². The van der Waals surface area contributed by atoms with Gasteiger partial charge in [0.2, 0.25) is 11.8 Å². The van der Waals surface area contributed by atoms with Gasteiger partial charge in [0.1, 0.15) is 11.9 Å². The number of piperidine rings is 1. The maximum Gasteiger partial charge on any atom is 0.259 e. The van der Waals surface area contributed by atoms with Crippen LogP contribution >= 0.6 is 0 Å². The van der Waals surface area contributed by atoms with Crippen LogP contribution in [0.2, 0.25) is 0 Å². The van der Waals surface area contributed by atoms with E-state index in [0.29, 0.717) is 29.8 Å². The molecule has 2 heterocycles. The zero-order valence-electron chi connectivity index (χ0n) is 17.5. The van der Waals surface area contributed by atoms with Crippen molar-refractivity contribution in [1.29, 1.82) is 0 Å². The van der Waals surface area contributed by atoms with Gasteiger partial charge in [-0.1, -0.05) is 36.4 Å². The normalized spacial score (nSPS) is 18.9. The van der Waals surface area contributed by atoms with Crippen molar-refractivity contribution in [2.24, 2.45) is 0 Å². The molecule has 0 aromatic heterocycles. The van der Waals surface area contributed by atoms with Gasteiger partial charge >= 0.3 is 0 Å². The number of carbonyl (C=O) groups excluding carboxylic acids is 3. The molecule has 2 atom stereocenters. The Labute approximate surface area is 184 Å². The first-order chi connectivity index (χ1) is 15.5. The number of halogens is 1. The van der Waals surface area contributed by atoms with Crippen molar-refractivity contribution in [2.75, 3.05) is 4.90 Å². The number of hydrogen-bond donors (Lipinski definition) is 2. The fourth-order valence-electron chi connectivity index (χ4n) is 4.66. The first kappa shape index (κ1) is 20.3. The first-order valence-electron chi connectivity index (χ1n) is 10.7. The summed E-state index contributed by atoms with van der Waals surface area (Å²) < 4.78 is 14.1. The van der Waals surface area contributed by atoms with Crippen LogP contribution in [-0.2, 0) is 16.1 Å². The molecule has 2 aliphatic heterocycles. The molecule has 2 aliphatic rings. The number of carbonyl (C=O) groups is 3. The van der Waals surface area contributed by atoms with Crippen molar-refractivity contribution in [2.45, 2.75) is 38.4 Å². The molecule has 3 aromatic rings. The van der Waals surface area contributed by atoms with Crippen LogP contribution in [0.4, 0.5) is 10.1 Å². The van der Waals surface area contributed by atoms with Gasteiger partial charge in [0.15, 0.2) is 0 Å². The second kappa shape index (κ2) is 7.84. The predicted molar refractivity (Wildman–Crippen MR) is 119 cm³/mol. The van der Waals surface area contributed by atoms with E-state index in [1.807, 2.05) is 37.3 Å². The van der Waals surface area contributed by atoms with Crippen molar-refractivity contribution in [1.82, 2.24) is 10.6 Å². The molecule has 32 heavy (non-hydrogen) atoms. The summed E-state index contributed by atoms with van der Waals surface area (Å²) in [7, 11) is 0. The minimum Gasteiger partial charge on any atom is -0.306 e. The second-order valence-corrected chi connectivity index (χ2v) is 8.24. The van der Waals surface area contributed by atoms with Gasteiger partial charge in [-0.15, -0.1) is 0 Å². The third-order valence-electron chi connectivity index (χ3n) is 6.31. The Balaban J connectivity index is 1.47. The quantitative estimate of drug-likeness (QED) is 0.605. The summed E-state index contributed by atoms with van der Waals surface area (Å²) in [6.45, 7) is 2.40. The van der Waals surface area contributed by atoms with E-state index in [1.54, 1.807) is 18.2 Å². The Kier molecular flexibility index (Phi) is 4.98. The summed E-state index contributed by atoms with van der Waals surface area (Å²) in [6.07, 6.45) is 0.505. The third-order valence-corrected chi connectivity index (χ3v) is 6.31. The van der Waals surface area contributed by atoms with Crippen molar-refractivity contribution in [3.8, 4) is 0 Å². The van der Waals surface area contributed by atoms with E-state index < -0.39 is 11.9 Å². The maximum absolute atomic E-state index is 14.1. The van der Waals surface area contributed by atoms with Gasteiger partial charge in [0.05, 0.1) is 5.69 Å². The Morgan fingerprint density at radius 2 is 1.91 bits per heavy atom. The monoisotopic (exact) mass is 431 g/mol. The molecule has 1 saturated heterocycles. The maximum atomic E-state index is 14.1. The summed E-state index contributed by atoms with van der Waals surface area (Å²) in [5.74, 6) is -1.24. The highest BCUT2D eigenvalue weighted by Gasteiger charge is 2.40. The highest BCUT2D eigenvalue weighted by atomic mass is 19.1. The third kappa shape index (κ3) is 3.26. The number of nitrogens with zero attached hydrogens (tertiary/aromatic N) is 1. The average molecular weight is 431 g/mol. The van der Waals surface area contributed by atoms with Crippen LogP contribution in [0.15, 0.2) is 54.6 Å². The molecule has 3 amide bonds. The molecule has 0 aliphatic carbocycles. The molecule has 3 aromatic carbocycles. The first-order valence-corrected chi connectivity index (χ1v) is 10.7. The number of imide groups is 1. The van der Waals surface area contributed by atoms with Gasteiger partial charge in [-0.05, 0) is 42.5 Å². The molecular weight excluding hydrogens is 409 g/mol. The second-order valence-electron chi connectivity index (χ2n) is 8.24. The Morgan fingerprint density at radius 1 is 1.09 bits per heavy atom. The SMILES string of the molecule is CC(NCc1ccc2c3c(cccc13)N(C1CCC(=O)NC1=O)C2=O)c1ccccc1F. The largest absolute Gasteiger partial charge is 0.306 e. The van der Waals surface area contributed by atoms with Crippen LogP contribution in [0, 0.1) is 5.82 Å². The van der Waals surface area contributed by atoms with E-state index in [4.69, 9.17) is 0 Å². The summed E-state index contributed by atoms with van der Waals surface area (Å²) >= 11 is 0. The van der Waals surface area contributed by atoms with Crippen LogP contribution in [0.25, 0.3) is 10.8 Å².